The number of nitrogens with one attached hydrogen (secondary N) is 1. The van der Waals surface area contributed by atoms with Gasteiger partial charge >= 0.3 is 6.18 Å². The zero-order valence-corrected chi connectivity index (χ0v) is 22.8. The number of fused-ring (bicyclic) bond motifs is 1. The van der Waals surface area contributed by atoms with E-state index in [0.717, 1.165) is 13.1 Å². The highest BCUT2D eigenvalue weighted by molar-refractivity contribution is 5.77. The lowest BCUT2D eigenvalue weighted by Gasteiger charge is -2.32. The van der Waals surface area contributed by atoms with Gasteiger partial charge in [0, 0.05) is 38.9 Å². The zero-order chi connectivity index (χ0) is 27.7. The number of rotatable bonds is 6. The van der Waals surface area contributed by atoms with Crippen LogP contribution in [-0.4, -0.2) is 91.3 Å². The molecule has 12 heteroatoms. The van der Waals surface area contributed by atoms with Gasteiger partial charge in [-0.25, -0.2) is 9.98 Å². The Labute approximate surface area is 226 Å². The molecule has 1 aromatic carbocycles. The van der Waals surface area contributed by atoms with Gasteiger partial charge in [-0.2, -0.15) is 17.7 Å². The van der Waals surface area contributed by atoms with E-state index in [2.05, 4.69) is 20.1 Å². The summed E-state index contributed by atoms with van der Waals surface area (Å²) in [5, 5.41) is 8.20. The van der Waals surface area contributed by atoms with Gasteiger partial charge in [-0.15, -0.1) is 5.10 Å². The molecule has 3 aromatic rings. The molecule has 210 valence electrons. The predicted octanol–water partition coefficient (Wildman–Crippen LogP) is 4.67. The van der Waals surface area contributed by atoms with E-state index < -0.39 is 11.7 Å². The maximum Gasteiger partial charge on any atom is 0.416 e. The average molecular weight is 545 g/mol. The molecule has 0 saturated carbocycles. The van der Waals surface area contributed by atoms with Crippen LogP contribution in [0.5, 0.6) is 0 Å². The predicted molar refractivity (Wildman–Crippen MR) is 147 cm³/mol. The maximum absolute atomic E-state index is 14.2. The quantitative estimate of drug-likeness (QED) is 0.357. The van der Waals surface area contributed by atoms with E-state index >= 15 is 0 Å². The van der Waals surface area contributed by atoms with Crippen molar-refractivity contribution in [3.05, 3.63) is 41.1 Å². The second-order valence-corrected chi connectivity index (χ2v) is 10.4. The molecule has 2 aliphatic heterocycles. The van der Waals surface area contributed by atoms with Crippen molar-refractivity contribution in [3.8, 4) is 0 Å². The molecule has 0 unspecified atom stereocenters. The summed E-state index contributed by atoms with van der Waals surface area (Å²) in [5.41, 5.74) is 1.92. The van der Waals surface area contributed by atoms with Crippen molar-refractivity contribution < 1.29 is 17.9 Å². The Hall–Kier alpha value is -3.38. The molecular weight excluding hydrogens is 509 g/mol. The number of benzene rings is 1. The minimum Gasteiger partial charge on any atom is -0.378 e. The maximum atomic E-state index is 14.2. The molecule has 0 amide bonds. The van der Waals surface area contributed by atoms with Crippen molar-refractivity contribution >= 4 is 35.0 Å². The van der Waals surface area contributed by atoms with Gasteiger partial charge in [-0.3, -0.25) is 0 Å². The van der Waals surface area contributed by atoms with Crippen LogP contribution in [0.15, 0.2) is 29.3 Å². The third-order valence-electron chi connectivity index (χ3n) is 7.28. The fourth-order valence-corrected chi connectivity index (χ4v) is 5.25. The number of aromatic nitrogens is 3. The molecule has 0 spiro atoms. The summed E-state index contributed by atoms with van der Waals surface area (Å²) in [7, 11) is 5.76. The fraction of sp³-hybridized carbons (Fsp3) is 0.519. The molecule has 9 nitrogen and oxygen atoms in total. The molecule has 1 N–H and O–H groups in total. The molecule has 5 rings (SSSR count). The summed E-state index contributed by atoms with van der Waals surface area (Å²) in [6.45, 7) is 5.88. The van der Waals surface area contributed by atoms with Crippen LogP contribution < -0.4 is 10.2 Å². The van der Waals surface area contributed by atoms with Crippen LogP contribution in [0.3, 0.4) is 0 Å². The largest absolute Gasteiger partial charge is 0.416 e. The second kappa shape index (κ2) is 11.0. The minimum absolute atomic E-state index is 0.210. The number of nitrogens with zero attached hydrogens (tertiary/aromatic N) is 7. The van der Waals surface area contributed by atoms with E-state index in [1.54, 1.807) is 16.9 Å². The van der Waals surface area contributed by atoms with E-state index in [-0.39, 0.29) is 5.92 Å². The van der Waals surface area contributed by atoms with Crippen LogP contribution in [-0.2, 0) is 10.9 Å². The van der Waals surface area contributed by atoms with Gasteiger partial charge in [0.05, 0.1) is 30.8 Å². The Morgan fingerprint density at radius 1 is 1.13 bits per heavy atom. The van der Waals surface area contributed by atoms with E-state index in [1.807, 2.05) is 39.0 Å². The summed E-state index contributed by atoms with van der Waals surface area (Å²) in [6.07, 6.45) is -1.44. The summed E-state index contributed by atoms with van der Waals surface area (Å²) >= 11 is 0. The van der Waals surface area contributed by atoms with Crippen molar-refractivity contribution in [1.82, 2.24) is 24.4 Å². The van der Waals surface area contributed by atoms with E-state index in [9.17, 15) is 13.2 Å². The van der Waals surface area contributed by atoms with Gasteiger partial charge in [-0.05, 0) is 63.5 Å². The van der Waals surface area contributed by atoms with Gasteiger partial charge in [0.1, 0.15) is 5.69 Å². The highest BCUT2D eigenvalue weighted by Crippen LogP contribution is 2.43. The normalized spacial score (nSPS) is 17.9. The van der Waals surface area contributed by atoms with Crippen molar-refractivity contribution in [2.75, 3.05) is 70.8 Å². The lowest BCUT2D eigenvalue weighted by molar-refractivity contribution is -0.138. The third kappa shape index (κ3) is 5.81. The number of alkyl halides is 3. The molecule has 4 heterocycles. The first-order chi connectivity index (χ1) is 18.6. The van der Waals surface area contributed by atoms with Crippen molar-refractivity contribution in [2.24, 2.45) is 4.99 Å². The SMILES string of the molecule is Cc1nc2c(/N=C/N(C)C)cc(N3CCOCC3)nn2c1Nc1cccc(C(F)(F)F)c1C1CCN(C)CC1. The van der Waals surface area contributed by atoms with Crippen LogP contribution in [0, 0.1) is 6.92 Å². The number of hydrogen-bond acceptors (Lipinski definition) is 7. The third-order valence-corrected chi connectivity index (χ3v) is 7.28. The average Bonchev–Trinajstić information content (AvgIpc) is 3.22. The Bertz CT molecular complexity index is 1340. The second-order valence-electron chi connectivity index (χ2n) is 10.4. The number of imidazole rings is 1. The van der Waals surface area contributed by atoms with Crippen molar-refractivity contribution in [2.45, 2.75) is 31.9 Å². The molecule has 0 aliphatic carbocycles. The van der Waals surface area contributed by atoms with Crippen LogP contribution in [0.2, 0.25) is 0 Å². The Balaban J connectivity index is 1.63. The number of morpholine rings is 1. The molecule has 0 atom stereocenters. The molecule has 2 fully saturated rings. The Morgan fingerprint density at radius 2 is 1.85 bits per heavy atom. The van der Waals surface area contributed by atoms with Crippen molar-refractivity contribution in [1.29, 1.82) is 0 Å². The summed E-state index contributed by atoms with van der Waals surface area (Å²) in [5.74, 6) is 1.02. The highest BCUT2D eigenvalue weighted by Gasteiger charge is 2.37. The van der Waals surface area contributed by atoms with Gasteiger partial charge in [0.15, 0.2) is 17.3 Å². The Morgan fingerprint density at radius 3 is 2.51 bits per heavy atom. The molecular formula is C27H35F3N8O. The number of likely N-dealkylation sites (tertiary alicyclic amines) is 1. The summed E-state index contributed by atoms with van der Waals surface area (Å²) in [6, 6.07) is 6.26. The highest BCUT2D eigenvalue weighted by atomic mass is 19.4. The zero-order valence-electron chi connectivity index (χ0n) is 22.8. The summed E-state index contributed by atoms with van der Waals surface area (Å²) in [4.78, 5) is 15.5. The number of aryl methyl sites for hydroxylation is 1. The number of aliphatic imine (C=N–C) groups is 1. The minimum atomic E-state index is -4.46. The van der Waals surface area contributed by atoms with Gasteiger partial charge in [-0.1, -0.05) is 6.07 Å². The number of piperidine rings is 1. The van der Waals surface area contributed by atoms with Gasteiger partial charge < -0.3 is 24.8 Å². The topological polar surface area (TPSA) is 73.5 Å². The molecule has 0 bridgehead atoms. The van der Waals surface area contributed by atoms with Crippen LogP contribution in [0.1, 0.15) is 35.6 Å². The van der Waals surface area contributed by atoms with Gasteiger partial charge in [0.2, 0.25) is 0 Å². The standard InChI is InChI=1S/C27H35F3N8O/c1-18-25(33-21-7-5-6-20(27(28,29)30)24(21)19-8-10-36(4)11-9-19)38-26(32-18)22(31-17-35(2)3)16-23(34-38)37-12-14-39-15-13-37/h5-7,16-17,19,33H,8-15H2,1-4H3/b31-17+. The monoisotopic (exact) mass is 544 g/mol. The van der Waals surface area contributed by atoms with Gasteiger partial charge in [0.25, 0.3) is 0 Å². The van der Waals surface area contributed by atoms with Crippen LogP contribution in [0.4, 0.5) is 36.2 Å². The first kappa shape index (κ1) is 27.2. The number of ether oxygens (including phenoxy) is 1. The van der Waals surface area contributed by atoms with E-state index in [0.29, 0.717) is 79.1 Å². The van der Waals surface area contributed by atoms with E-state index in [4.69, 9.17) is 14.8 Å². The number of halogens is 3. The molecule has 2 saturated heterocycles. The molecule has 2 aliphatic rings. The number of anilines is 3. The smallest absolute Gasteiger partial charge is 0.378 e. The van der Waals surface area contributed by atoms with Crippen molar-refractivity contribution in [3.63, 3.8) is 0 Å². The molecule has 2 aromatic heterocycles. The lowest BCUT2D eigenvalue weighted by atomic mass is 9.85. The first-order valence-electron chi connectivity index (χ1n) is 13.2. The fourth-order valence-electron chi connectivity index (χ4n) is 5.25. The molecule has 39 heavy (non-hydrogen) atoms. The van der Waals surface area contributed by atoms with E-state index in [1.165, 1.54) is 12.1 Å². The summed E-state index contributed by atoms with van der Waals surface area (Å²) < 4.78 is 49.9. The van der Waals surface area contributed by atoms with Crippen LogP contribution >= 0.6 is 0 Å². The first-order valence-corrected chi connectivity index (χ1v) is 13.2. The Kier molecular flexibility index (Phi) is 7.68. The lowest BCUT2D eigenvalue weighted by Crippen LogP contribution is -2.37. The number of hydrogen-bond donors (Lipinski definition) is 1. The van der Waals surface area contributed by atoms with Crippen LogP contribution in [0.25, 0.3) is 5.65 Å². The molecule has 0 radical (unpaired) electrons.